The number of amides is 1. The normalized spacial score (nSPS) is 13.9. The van der Waals surface area contributed by atoms with Gasteiger partial charge >= 0.3 is 0 Å². The van der Waals surface area contributed by atoms with Crippen LogP contribution in [0.2, 0.25) is 0 Å². The molecule has 5 rings (SSSR count). The van der Waals surface area contributed by atoms with E-state index in [1.807, 2.05) is 18.2 Å². The van der Waals surface area contributed by atoms with Crippen molar-refractivity contribution in [1.29, 1.82) is 0 Å². The third-order valence-electron chi connectivity index (χ3n) is 6.58. The molecule has 0 atom stereocenters. The molecule has 6 nitrogen and oxygen atoms in total. The summed E-state index contributed by atoms with van der Waals surface area (Å²) in [5, 5.41) is 4.47. The number of thiazole rings is 1. The Morgan fingerprint density at radius 3 is 2.51 bits per heavy atom. The average molecular weight is 576 g/mol. The van der Waals surface area contributed by atoms with Crippen LogP contribution >= 0.6 is 35.1 Å². The Bertz CT molecular complexity index is 1490. The molecule has 37 heavy (non-hydrogen) atoms. The number of benzene rings is 2. The van der Waals surface area contributed by atoms with Crippen LogP contribution in [-0.4, -0.2) is 42.5 Å². The lowest BCUT2D eigenvalue weighted by Crippen LogP contribution is -2.29. The fourth-order valence-electron chi connectivity index (χ4n) is 4.45. The van der Waals surface area contributed by atoms with Crippen LogP contribution < -0.4 is 5.32 Å². The maximum atomic E-state index is 13.1. The summed E-state index contributed by atoms with van der Waals surface area (Å²) < 4.78 is 25.9. The van der Waals surface area contributed by atoms with E-state index in [1.165, 1.54) is 10.4 Å². The van der Waals surface area contributed by atoms with Crippen molar-refractivity contribution in [1.82, 2.24) is 9.88 Å². The van der Waals surface area contributed by atoms with Crippen molar-refractivity contribution in [3.8, 4) is 10.6 Å². The molecule has 1 aliphatic rings. The Kier molecular flexibility index (Phi) is 8.40. The number of rotatable bonds is 7. The molecule has 2 aromatic carbocycles. The first-order valence-corrected chi connectivity index (χ1v) is 15.3. The first kappa shape index (κ1) is 27.7. The molecule has 1 aliphatic heterocycles. The predicted molar refractivity (Wildman–Crippen MR) is 156 cm³/mol. The van der Waals surface area contributed by atoms with Crippen LogP contribution in [0, 0.1) is 0 Å². The summed E-state index contributed by atoms with van der Waals surface area (Å²) in [7, 11) is -3.34. The Balaban J connectivity index is 0.00000320. The number of carbonyl (C=O) groups excluding carboxylic acids is 1. The summed E-state index contributed by atoms with van der Waals surface area (Å²) in [6, 6.07) is 14.7. The number of sulfone groups is 1. The van der Waals surface area contributed by atoms with Gasteiger partial charge < -0.3 is 5.32 Å². The largest absolute Gasteiger partial charge is 0.317 e. The van der Waals surface area contributed by atoms with Gasteiger partial charge in [0, 0.05) is 23.5 Å². The van der Waals surface area contributed by atoms with Gasteiger partial charge in [0.25, 0.3) is 0 Å². The van der Waals surface area contributed by atoms with Gasteiger partial charge in [0.1, 0.15) is 10.0 Å². The molecule has 0 spiro atoms. The molecule has 1 amide bonds. The van der Waals surface area contributed by atoms with Gasteiger partial charge in [-0.2, -0.15) is 0 Å². The summed E-state index contributed by atoms with van der Waals surface area (Å²) in [6.07, 6.45) is 1.11. The molecule has 4 aromatic rings. The third-order valence-corrected chi connectivity index (χ3v) is 10.9. The number of thiophene rings is 1. The molecule has 0 aliphatic carbocycles. The lowest BCUT2D eigenvalue weighted by molar-refractivity contribution is -0.115. The Labute approximate surface area is 232 Å². The molecule has 0 bridgehead atoms. The molecule has 2 aromatic heterocycles. The number of carbonyl (C=O) groups is 1. The average Bonchev–Trinajstić information content (AvgIpc) is 3.44. The van der Waals surface area contributed by atoms with Gasteiger partial charge in [-0.15, -0.1) is 35.1 Å². The van der Waals surface area contributed by atoms with Crippen molar-refractivity contribution < 1.29 is 13.2 Å². The van der Waals surface area contributed by atoms with Crippen LogP contribution in [0.3, 0.4) is 0 Å². The highest BCUT2D eigenvalue weighted by molar-refractivity contribution is 7.92. The van der Waals surface area contributed by atoms with Crippen LogP contribution in [0.15, 0.2) is 53.4 Å². The molecule has 0 saturated carbocycles. The van der Waals surface area contributed by atoms with E-state index in [2.05, 4.69) is 23.2 Å². The zero-order chi connectivity index (χ0) is 25.4. The number of halogens is 1. The SMILES string of the molecule is CCN1CCc2c(sc(NC(=O)Cc3ccc(S(=O)(=O)C(C)C)cc3)c2-c2nc3ccccc3s2)C1.Cl. The highest BCUT2D eigenvalue weighted by Crippen LogP contribution is 2.45. The van der Waals surface area contributed by atoms with E-state index < -0.39 is 15.1 Å². The van der Waals surface area contributed by atoms with Gasteiger partial charge in [0.2, 0.25) is 5.91 Å². The lowest BCUT2D eigenvalue weighted by Gasteiger charge is -2.25. The molecule has 0 fully saturated rings. The van der Waals surface area contributed by atoms with E-state index in [4.69, 9.17) is 4.98 Å². The summed E-state index contributed by atoms with van der Waals surface area (Å²) in [4.78, 5) is 22.0. The van der Waals surface area contributed by atoms with Gasteiger partial charge in [0.05, 0.1) is 26.8 Å². The van der Waals surface area contributed by atoms with Gasteiger partial charge in [0.15, 0.2) is 9.84 Å². The van der Waals surface area contributed by atoms with E-state index in [0.717, 1.165) is 57.4 Å². The second-order valence-electron chi connectivity index (χ2n) is 9.28. The quantitative estimate of drug-likeness (QED) is 0.284. The van der Waals surface area contributed by atoms with Crippen LogP contribution in [0.1, 0.15) is 36.8 Å². The van der Waals surface area contributed by atoms with Gasteiger partial charge in [-0.25, -0.2) is 13.4 Å². The van der Waals surface area contributed by atoms with E-state index >= 15 is 0 Å². The maximum Gasteiger partial charge on any atom is 0.229 e. The van der Waals surface area contributed by atoms with Crippen LogP contribution in [0.5, 0.6) is 0 Å². The van der Waals surface area contributed by atoms with Gasteiger partial charge in [-0.1, -0.05) is 31.2 Å². The molecule has 196 valence electrons. The van der Waals surface area contributed by atoms with Crippen molar-refractivity contribution in [2.75, 3.05) is 18.4 Å². The Morgan fingerprint density at radius 1 is 1.11 bits per heavy atom. The predicted octanol–water partition coefficient (Wildman–Crippen LogP) is 6.19. The molecule has 10 heteroatoms. The van der Waals surface area contributed by atoms with E-state index in [0.29, 0.717) is 0 Å². The molecule has 0 unspecified atom stereocenters. The van der Waals surface area contributed by atoms with Crippen molar-refractivity contribution in [2.45, 2.75) is 50.3 Å². The topological polar surface area (TPSA) is 79.4 Å². The highest BCUT2D eigenvalue weighted by Gasteiger charge is 2.27. The van der Waals surface area contributed by atoms with Gasteiger partial charge in [-0.05, 0) is 62.2 Å². The lowest BCUT2D eigenvalue weighted by atomic mass is 10.0. The summed E-state index contributed by atoms with van der Waals surface area (Å²) in [6.45, 7) is 8.39. The minimum atomic E-state index is -3.34. The monoisotopic (exact) mass is 575 g/mol. The molecule has 0 saturated heterocycles. The second-order valence-corrected chi connectivity index (χ2v) is 13.9. The number of anilines is 1. The highest BCUT2D eigenvalue weighted by atomic mass is 35.5. The molecular weight excluding hydrogens is 546 g/mol. The second kappa shape index (κ2) is 11.2. The Hall–Kier alpha value is -2.30. The van der Waals surface area contributed by atoms with Crippen LogP contribution in [0.4, 0.5) is 5.00 Å². The zero-order valence-corrected chi connectivity index (χ0v) is 24.2. The van der Waals surface area contributed by atoms with Crippen LogP contribution in [0.25, 0.3) is 20.8 Å². The number of fused-ring (bicyclic) bond motifs is 2. The number of para-hydroxylation sites is 1. The Morgan fingerprint density at radius 2 is 1.84 bits per heavy atom. The van der Waals surface area contributed by atoms with Crippen LogP contribution in [-0.2, 0) is 34.0 Å². The fourth-order valence-corrected chi connectivity index (χ4v) is 7.92. The molecule has 1 N–H and O–H groups in total. The zero-order valence-electron chi connectivity index (χ0n) is 21.0. The van der Waals surface area contributed by atoms with Crippen molar-refractivity contribution >= 4 is 66.0 Å². The molecule has 3 heterocycles. The number of hydrogen-bond acceptors (Lipinski definition) is 7. The smallest absolute Gasteiger partial charge is 0.229 e. The van der Waals surface area contributed by atoms with Crippen molar-refractivity contribution in [2.24, 2.45) is 0 Å². The number of hydrogen-bond donors (Lipinski definition) is 1. The summed E-state index contributed by atoms with van der Waals surface area (Å²) in [5.41, 5.74) is 4.09. The summed E-state index contributed by atoms with van der Waals surface area (Å²) >= 11 is 3.31. The third kappa shape index (κ3) is 5.61. The number of aromatic nitrogens is 1. The van der Waals surface area contributed by atoms with E-state index in [1.54, 1.807) is 60.8 Å². The minimum absolute atomic E-state index is 0. The van der Waals surface area contributed by atoms with Crippen molar-refractivity contribution in [3.63, 3.8) is 0 Å². The summed E-state index contributed by atoms with van der Waals surface area (Å²) in [5.74, 6) is -0.122. The first-order chi connectivity index (χ1) is 17.3. The number of nitrogens with one attached hydrogen (secondary N) is 1. The fraction of sp³-hybridized carbons (Fsp3) is 0.333. The first-order valence-electron chi connectivity index (χ1n) is 12.1. The van der Waals surface area contributed by atoms with Gasteiger partial charge in [-0.3, -0.25) is 9.69 Å². The number of nitrogens with zero attached hydrogens (tertiary/aromatic N) is 2. The maximum absolute atomic E-state index is 13.1. The van der Waals surface area contributed by atoms with E-state index in [-0.39, 0.29) is 29.6 Å². The van der Waals surface area contributed by atoms with Crippen molar-refractivity contribution in [3.05, 3.63) is 64.5 Å². The number of likely N-dealkylation sites (N-methyl/N-ethyl adjacent to an activating group) is 1. The van der Waals surface area contributed by atoms with E-state index in [9.17, 15) is 13.2 Å². The standard InChI is InChI=1S/C27H29N3O3S3.ClH/c1-4-30-14-13-20-23(16-30)35-27(25(20)26-28-21-7-5-6-8-22(21)34-26)29-24(31)15-18-9-11-19(12-10-18)36(32,33)17(2)3;/h5-12,17H,4,13-16H2,1-3H3,(H,29,31);1H. The minimum Gasteiger partial charge on any atom is -0.317 e. The molecule has 0 radical (unpaired) electrons. The molecular formula is C27H30ClN3O3S3.